The minimum absolute atomic E-state index is 0. The quantitative estimate of drug-likeness (QED) is 0.269. The van der Waals surface area contributed by atoms with Crippen molar-refractivity contribution in [2.45, 2.75) is 0 Å². The Balaban J connectivity index is 0. The van der Waals surface area contributed by atoms with Gasteiger partial charge >= 0.3 is 88.7 Å². The summed E-state index contributed by atoms with van der Waals surface area (Å²) in [5, 5.41) is 0. The van der Waals surface area contributed by atoms with Crippen LogP contribution in [0.4, 0.5) is 0 Å². The SMILES string of the molecule is Cl.[Na+].[Na+].[Na+]. The summed E-state index contributed by atoms with van der Waals surface area (Å²) in [6.45, 7) is 0. The summed E-state index contributed by atoms with van der Waals surface area (Å²) in [4.78, 5) is 0. The van der Waals surface area contributed by atoms with Crippen LogP contribution in [-0.4, -0.2) is 0 Å². The third kappa shape index (κ3) is 8.99. The van der Waals surface area contributed by atoms with Crippen molar-refractivity contribution >= 4 is 12.4 Å². The summed E-state index contributed by atoms with van der Waals surface area (Å²) in [5.41, 5.74) is 0. The largest absolute Gasteiger partial charge is 1.00 e. The minimum atomic E-state index is 0. The Hall–Kier alpha value is 3.29. The average Bonchev–Trinajstić information content (AvgIpc) is 0. The van der Waals surface area contributed by atoms with Crippen LogP contribution < -0.4 is 88.7 Å². The average molecular weight is 105 g/mol. The molecule has 0 aromatic rings. The van der Waals surface area contributed by atoms with Gasteiger partial charge in [0.2, 0.25) is 0 Å². The summed E-state index contributed by atoms with van der Waals surface area (Å²) in [5.74, 6) is 0. The predicted molar refractivity (Wildman–Crippen MR) is 7.25 cm³/mol. The maximum absolute atomic E-state index is 0. The Morgan fingerprint density at radius 1 is 0.500 bits per heavy atom. The number of hydrogen-bond donors (Lipinski definition) is 0. The molecule has 0 saturated carbocycles. The first-order valence-electron chi connectivity index (χ1n) is 0. The molecule has 0 fully saturated rings. The molecule has 0 heterocycles. The summed E-state index contributed by atoms with van der Waals surface area (Å²) in [6.07, 6.45) is 0. The van der Waals surface area contributed by atoms with Crippen molar-refractivity contribution in [2.75, 3.05) is 0 Å². The molecule has 0 bridgehead atoms. The topological polar surface area (TPSA) is 0 Å². The van der Waals surface area contributed by atoms with Gasteiger partial charge in [-0.3, -0.25) is 0 Å². The third-order valence-electron chi connectivity index (χ3n) is 0. The van der Waals surface area contributed by atoms with E-state index in [-0.39, 0.29) is 101 Å². The minimum Gasteiger partial charge on any atom is -0.147 e. The van der Waals surface area contributed by atoms with Gasteiger partial charge in [0.25, 0.3) is 0 Å². The molecule has 8 valence electrons. The molecule has 0 atom stereocenters. The third-order valence-corrected chi connectivity index (χ3v) is 0. The molecule has 0 N–H and O–H groups in total. The van der Waals surface area contributed by atoms with Crippen LogP contribution in [-0.2, 0) is 0 Å². The summed E-state index contributed by atoms with van der Waals surface area (Å²) >= 11 is 0. The van der Waals surface area contributed by atoms with E-state index in [0.29, 0.717) is 0 Å². The molecule has 0 aromatic heterocycles. The second-order valence-corrected chi connectivity index (χ2v) is 0. The van der Waals surface area contributed by atoms with E-state index in [0.717, 1.165) is 0 Å². The van der Waals surface area contributed by atoms with E-state index < -0.39 is 0 Å². The zero-order valence-electron chi connectivity index (χ0n) is 3.41. The molecule has 0 aliphatic carbocycles. The van der Waals surface area contributed by atoms with Crippen LogP contribution in [0.3, 0.4) is 0 Å². The van der Waals surface area contributed by atoms with Gasteiger partial charge in [-0.05, 0) is 0 Å². The van der Waals surface area contributed by atoms with Gasteiger partial charge in [-0.25, -0.2) is 0 Å². The fraction of sp³-hybridized carbons (Fsp3) is 0. The molecule has 0 aliphatic rings. The molecule has 0 spiro atoms. The number of hydrogen-bond acceptors (Lipinski definition) is 0. The van der Waals surface area contributed by atoms with Crippen molar-refractivity contribution in [1.82, 2.24) is 0 Å². The molecule has 0 saturated heterocycles. The van der Waals surface area contributed by atoms with Crippen molar-refractivity contribution < 1.29 is 88.7 Å². The van der Waals surface area contributed by atoms with E-state index in [9.17, 15) is 0 Å². The van der Waals surface area contributed by atoms with Crippen molar-refractivity contribution in [3.63, 3.8) is 0 Å². The van der Waals surface area contributed by atoms with Crippen molar-refractivity contribution in [3.05, 3.63) is 0 Å². The molecule has 0 nitrogen and oxygen atoms in total. The molecular weight excluding hydrogens is 104 g/mol. The Morgan fingerprint density at radius 3 is 0.500 bits per heavy atom. The smallest absolute Gasteiger partial charge is 0.147 e. The van der Waals surface area contributed by atoms with Crippen molar-refractivity contribution in [3.8, 4) is 0 Å². The van der Waals surface area contributed by atoms with Crippen LogP contribution in [0.2, 0.25) is 0 Å². The number of rotatable bonds is 0. The predicted octanol–water partition coefficient (Wildman–Crippen LogP) is -8.57. The molecule has 0 amide bonds. The number of halogens is 1. The molecule has 0 radical (unpaired) electrons. The maximum Gasteiger partial charge on any atom is 1.00 e. The van der Waals surface area contributed by atoms with E-state index in [1.807, 2.05) is 0 Å². The van der Waals surface area contributed by atoms with Crippen LogP contribution >= 0.6 is 12.4 Å². The van der Waals surface area contributed by atoms with Crippen molar-refractivity contribution in [1.29, 1.82) is 0 Å². The van der Waals surface area contributed by atoms with Gasteiger partial charge in [-0.1, -0.05) is 0 Å². The van der Waals surface area contributed by atoms with Crippen LogP contribution in [0.25, 0.3) is 0 Å². The zero-order chi connectivity index (χ0) is 0. The first-order chi connectivity index (χ1) is 0. The maximum atomic E-state index is 0. The Labute approximate surface area is 98.8 Å². The summed E-state index contributed by atoms with van der Waals surface area (Å²) in [7, 11) is 0. The Kier molecular flexibility index (Phi) is 108. The van der Waals surface area contributed by atoms with Crippen LogP contribution in [0.5, 0.6) is 0 Å². The molecule has 0 unspecified atom stereocenters. The zero-order valence-corrected chi connectivity index (χ0v) is 10.2. The van der Waals surface area contributed by atoms with Gasteiger partial charge in [0.1, 0.15) is 0 Å². The first kappa shape index (κ1) is 26.6. The van der Waals surface area contributed by atoms with Crippen LogP contribution in [0.15, 0.2) is 0 Å². The van der Waals surface area contributed by atoms with Crippen LogP contribution in [0.1, 0.15) is 0 Å². The Bertz CT molecular complexity index is 3.25. The second-order valence-electron chi connectivity index (χ2n) is 0. The van der Waals surface area contributed by atoms with E-state index in [1.54, 1.807) is 0 Å². The Morgan fingerprint density at radius 2 is 0.500 bits per heavy atom. The molecule has 0 rings (SSSR count). The molecule has 0 aliphatic heterocycles. The van der Waals surface area contributed by atoms with E-state index in [4.69, 9.17) is 0 Å². The van der Waals surface area contributed by atoms with Crippen molar-refractivity contribution in [2.24, 2.45) is 0 Å². The fourth-order valence-electron chi connectivity index (χ4n) is 0. The van der Waals surface area contributed by atoms with E-state index in [1.165, 1.54) is 0 Å². The second kappa shape index (κ2) is 16.3. The van der Waals surface area contributed by atoms with Gasteiger partial charge in [0, 0.05) is 0 Å². The summed E-state index contributed by atoms with van der Waals surface area (Å²) < 4.78 is 0. The molecule has 4 heteroatoms. The normalized spacial score (nSPS) is 0. The standard InChI is InChI=1S/ClH.3Na/h1H;;;/q;3*+1. The first-order valence-corrected chi connectivity index (χ1v) is 0. The van der Waals surface area contributed by atoms with E-state index >= 15 is 0 Å². The fourth-order valence-corrected chi connectivity index (χ4v) is 0. The molecule has 4 heavy (non-hydrogen) atoms. The molecule has 0 aromatic carbocycles. The summed E-state index contributed by atoms with van der Waals surface area (Å²) in [6, 6.07) is 0. The van der Waals surface area contributed by atoms with Gasteiger partial charge in [0.05, 0.1) is 0 Å². The molecular formula is HClNa3+3. The van der Waals surface area contributed by atoms with Gasteiger partial charge < -0.3 is 0 Å². The van der Waals surface area contributed by atoms with Gasteiger partial charge in [0.15, 0.2) is 0 Å². The van der Waals surface area contributed by atoms with Crippen LogP contribution in [0, 0.1) is 0 Å². The monoisotopic (exact) mass is 105 g/mol. The van der Waals surface area contributed by atoms with E-state index in [2.05, 4.69) is 0 Å². The van der Waals surface area contributed by atoms with Gasteiger partial charge in [-0.2, -0.15) is 0 Å². The van der Waals surface area contributed by atoms with Gasteiger partial charge in [-0.15, -0.1) is 12.4 Å².